The number of sulfonamides is 2. The van der Waals surface area contributed by atoms with Crippen LogP contribution in [0.25, 0.3) is 0 Å². The standard InChI is InChI=1S/C14H22N2O5S2/c1-2-21-13-5-7-14(8-6-13)23(19,20)15-9-12-22(17,18)16-10-3-4-11-16/h5-8,15H,2-4,9-12H2,1H3. The van der Waals surface area contributed by atoms with Crippen LogP contribution < -0.4 is 9.46 Å². The minimum Gasteiger partial charge on any atom is -0.494 e. The monoisotopic (exact) mass is 362 g/mol. The maximum atomic E-state index is 12.1. The molecule has 0 spiro atoms. The topological polar surface area (TPSA) is 92.8 Å². The summed E-state index contributed by atoms with van der Waals surface area (Å²) in [5.74, 6) is 0.353. The molecule has 1 aromatic carbocycles. The lowest BCUT2D eigenvalue weighted by atomic mass is 10.3. The maximum absolute atomic E-state index is 12.1. The molecule has 1 N–H and O–H groups in total. The van der Waals surface area contributed by atoms with Crippen molar-refractivity contribution < 1.29 is 21.6 Å². The van der Waals surface area contributed by atoms with Crippen molar-refractivity contribution in [2.45, 2.75) is 24.7 Å². The molecule has 1 saturated heterocycles. The average Bonchev–Trinajstić information content (AvgIpc) is 3.03. The Morgan fingerprint density at radius 3 is 2.26 bits per heavy atom. The van der Waals surface area contributed by atoms with E-state index in [1.807, 2.05) is 6.92 Å². The smallest absolute Gasteiger partial charge is 0.240 e. The van der Waals surface area contributed by atoms with E-state index in [-0.39, 0.29) is 17.2 Å². The van der Waals surface area contributed by atoms with Crippen molar-refractivity contribution >= 4 is 20.0 Å². The summed E-state index contributed by atoms with van der Waals surface area (Å²) in [4.78, 5) is 0.0829. The van der Waals surface area contributed by atoms with Gasteiger partial charge in [-0.15, -0.1) is 0 Å². The van der Waals surface area contributed by atoms with E-state index in [9.17, 15) is 16.8 Å². The molecule has 2 rings (SSSR count). The van der Waals surface area contributed by atoms with Crippen molar-refractivity contribution in [1.82, 2.24) is 9.03 Å². The van der Waals surface area contributed by atoms with Crippen LogP contribution in [0.5, 0.6) is 5.75 Å². The van der Waals surface area contributed by atoms with Gasteiger partial charge in [-0.1, -0.05) is 0 Å². The Bertz CT molecular complexity index is 708. The predicted molar refractivity (Wildman–Crippen MR) is 87.4 cm³/mol. The van der Waals surface area contributed by atoms with Gasteiger partial charge in [-0.25, -0.2) is 25.9 Å². The van der Waals surface area contributed by atoms with Gasteiger partial charge in [0.15, 0.2) is 0 Å². The Kier molecular flexibility index (Phi) is 6.01. The molecular formula is C14H22N2O5S2. The van der Waals surface area contributed by atoms with Crippen LogP contribution >= 0.6 is 0 Å². The van der Waals surface area contributed by atoms with Gasteiger partial charge in [0.1, 0.15) is 5.75 Å². The van der Waals surface area contributed by atoms with Crippen LogP contribution in [0.2, 0.25) is 0 Å². The van der Waals surface area contributed by atoms with Crippen molar-refractivity contribution in [3.05, 3.63) is 24.3 Å². The van der Waals surface area contributed by atoms with E-state index in [1.54, 1.807) is 12.1 Å². The van der Waals surface area contributed by atoms with E-state index in [0.29, 0.717) is 25.4 Å². The number of nitrogens with zero attached hydrogens (tertiary/aromatic N) is 1. The first kappa shape index (κ1) is 18.2. The number of nitrogens with one attached hydrogen (secondary N) is 1. The third kappa shape index (κ3) is 4.90. The molecule has 0 unspecified atom stereocenters. The van der Waals surface area contributed by atoms with Crippen molar-refractivity contribution in [2.24, 2.45) is 0 Å². The molecule has 9 heteroatoms. The first-order chi connectivity index (χ1) is 10.8. The first-order valence-corrected chi connectivity index (χ1v) is 10.6. The summed E-state index contributed by atoms with van der Waals surface area (Å²) in [5, 5.41) is 0. The molecule has 7 nitrogen and oxygen atoms in total. The zero-order valence-electron chi connectivity index (χ0n) is 13.1. The predicted octanol–water partition coefficient (Wildman–Crippen LogP) is 0.789. The van der Waals surface area contributed by atoms with Crippen LogP contribution in [0, 0.1) is 0 Å². The highest BCUT2D eigenvalue weighted by Gasteiger charge is 2.25. The van der Waals surface area contributed by atoms with Crippen LogP contribution in [-0.4, -0.2) is 53.1 Å². The summed E-state index contributed by atoms with van der Waals surface area (Å²) in [6.45, 7) is 3.24. The van der Waals surface area contributed by atoms with Crippen LogP contribution in [-0.2, 0) is 20.0 Å². The molecular weight excluding hydrogens is 340 g/mol. The Morgan fingerprint density at radius 2 is 1.70 bits per heavy atom. The van der Waals surface area contributed by atoms with E-state index in [1.165, 1.54) is 16.4 Å². The van der Waals surface area contributed by atoms with Gasteiger partial charge in [0, 0.05) is 19.6 Å². The van der Waals surface area contributed by atoms with Gasteiger partial charge in [-0.3, -0.25) is 0 Å². The summed E-state index contributed by atoms with van der Waals surface area (Å²) in [5.41, 5.74) is 0. The lowest BCUT2D eigenvalue weighted by molar-refractivity contribution is 0.340. The molecule has 1 aromatic rings. The SMILES string of the molecule is CCOc1ccc(S(=O)(=O)NCCS(=O)(=O)N2CCCC2)cc1. The van der Waals surface area contributed by atoms with Crippen LogP contribution in [0.1, 0.15) is 19.8 Å². The van der Waals surface area contributed by atoms with Crippen molar-refractivity contribution in [1.29, 1.82) is 0 Å². The summed E-state index contributed by atoms with van der Waals surface area (Å²) < 4.78 is 57.4. The molecule has 0 radical (unpaired) electrons. The molecule has 130 valence electrons. The zero-order chi connectivity index (χ0) is 16.9. The van der Waals surface area contributed by atoms with Gasteiger partial charge in [-0.05, 0) is 44.0 Å². The maximum Gasteiger partial charge on any atom is 0.240 e. The Hall–Kier alpha value is -1.16. The van der Waals surface area contributed by atoms with Gasteiger partial charge in [-0.2, -0.15) is 0 Å². The van der Waals surface area contributed by atoms with Gasteiger partial charge >= 0.3 is 0 Å². The van der Waals surface area contributed by atoms with Gasteiger partial charge < -0.3 is 4.74 Å². The van der Waals surface area contributed by atoms with E-state index >= 15 is 0 Å². The van der Waals surface area contributed by atoms with E-state index in [4.69, 9.17) is 4.74 Å². The molecule has 0 atom stereocenters. The fourth-order valence-corrected chi connectivity index (χ4v) is 4.96. The number of hydrogen-bond acceptors (Lipinski definition) is 5. The Balaban J connectivity index is 1.93. The highest BCUT2D eigenvalue weighted by atomic mass is 32.2. The first-order valence-electron chi connectivity index (χ1n) is 7.55. The van der Waals surface area contributed by atoms with Crippen molar-refractivity contribution in [3.63, 3.8) is 0 Å². The molecule has 1 aliphatic heterocycles. The minimum absolute atomic E-state index is 0.0829. The fourth-order valence-electron chi connectivity index (χ4n) is 2.37. The molecule has 0 aliphatic carbocycles. The highest BCUT2D eigenvalue weighted by molar-refractivity contribution is 7.90. The quantitative estimate of drug-likeness (QED) is 0.738. The van der Waals surface area contributed by atoms with Crippen molar-refractivity contribution in [2.75, 3.05) is 32.0 Å². The van der Waals surface area contributed by atoms with E-state index < -0.39 is 20.0 Å². The number of hydrogen-bond donors (Lipinski definition) is 1. The summed E-state index contributed by atoms with van der Waals surface area (Å²) in [7, 11) is -7.12. The second-order valence-corrected chi connectivity index (χ2v) is 9.08. The molecule has 0 aromatic heterocycles. The Labute approximate surface area is 137 Å². The zero-order valence-corrected chi connectivity index (χ0v) is 14.7. The third-order valence-corrected chi connectivity index (χ3v) is 6.90. The lowest BCUT2D eigenvalue weighted by Gasteiger charge is -2.15. The van der Waals surface area contributed by atoms with Gasteiger partial charge in [0.25, 0.3) is 0 Å². The highest BCUT2D eigenvalue weighted by Crippen LogP contribution is 2.16. The average molecular weight is 362 g/mol. The van der Waals surface area contributed by atoms with Gasteiger partial charge in [0.05, 0.1) is 17.3 Å². The van der Waals surface area contributed by atoms with Crippen LogP contribution in [0.15, 0.2) is 29.2 Å². The largest absolute Gasteiger partial charge is 0.494 e. The molecule has 0 saturated carbocycles. The molecule has 0 amide bonds. The summed E-state index contributed by atoms with van der Waals surface area (Å²) in [6, 6.07) is 6.00. The second kappa shape index (κ2) is 7.61. The van der Waals surface area contributed by atoms with E-state index in [0.717, 1.165) is 12.8 Å². The molecule has 1 fully saturated rings. The normalized spacial score (nSPS) is 16.6. The third-order valence-electron chi connectivity index (χ3n) is 3.56. The van der Waals surface area contributed by atoms with Crippen LogP contribution in [0.4, 0.5) is 0 Å². The van der Waals surface area contributed by atoms with E-state index in [2.05, 4.69) is 4.72 Å². The Morgan fingerprint density at radius 1 is 1.09 bits per heavy atom. The van der Waals surface area contributed by atoms with Crippen molar-refractivity contribution in [3.8, 4) is 5.75 Å². The van der Waals surface area contributed by atoms with Crippen LogP contribution in [0.3, 0.4) is 0 Å². The number of ether oxygens (including phenoxy) is 1. The number of rotatable bonds is 8. The fraction of sp³-hybridized carbons (Fsp3) is 0.571. The van der Waals surface area contributed by atoms with Gasteiger partial charge in [0.2, 0.25) is 20.0 Å². The minimum atomic E-state index is -3.73. The lowest BCUT2D eigenvalue weighted by Crippen LogP contribution is -2.36. The molecule has 23 heavy (non-hydrogen) atoms. The molecule has 1 heterocycles. The molecule has 0 bridgehead atoms. The summed E-state index contributed by atoms with van der Waals surface area (Å²) in [6.07, 6.45) is 1.72. The second-order valence-electron chi connectivity index (χ2n) is 5.22. The summed E-state index contributed by atoms with van der Waals surface area (Å²) >= 11 is 0. The molecule has 1 aliphatic rings. The number of benzene rings is 1.